The Labute approximate surface area is 112 Å². The van der Waals surface area contributed by atoms with Crippen molar-refractivity contribution in [1.29, 1.82) is 0 Å². The maximum absolute atomic E-state index is 12.5. The Hall–Kier alpha value is -1.97. The Balaban J connectivity index is 2.00. The molecule has 0 saturated carbocycles. The molecule has 2 aliphatic rings. The van der Waals surface area contributed by atoms with Gasteiger partial charge in [0.25, 0.3) is 0 Å². The fourth-order valence-electron chi connectivity index (χ4n) is 3.26. The monoisotopic (exact) mass is 256 g/mol. The fourth-order valence-corrected chi connectivity index (χ4v) is 3.26. The maximum Gasteiger partial charge on any atom is 0.238 e. The summed E-state index contributed by atoms with van der Waals surface area (Å²) in [5.74, 6) is -0.456. The Morgan fingerprint density at radius 2 is 2.11 bits per heavy atom. The lowest BCUT2D eigenvalue weighted by molar-refractivity contribution is -0.122. The smallest absolute Gasteiger partial charge is 0.238 e. The molecule has 1 aromatic heterocycles. The lowest BCUT2D eigenvalue weighted by atomic mass is 9.76. The molecule has 0 N–H and O–H groups in total. The molecular formula is C15H16N2O2. The van der Waals surface area contributed by atoms with Crippen molar-refractivity contribution < 1.29 is 9.59 Å². The topological polar surface area (TPSA) is 50.3 Å². The highest BCUT2D eigenvalue weighted by Gasteiger charge is 2.51. The molecule has 1 aliphatic carbocycles. The number of fused-ring (bicyclic) bond motifs is 1. The molecular weight excluding hydrogens is 240 g/mol. The van der Waals surface area contributed by atoms with Gasteiger partial charge >= 0.3 is 0 Å². The highest BCUT2D eigenvalue weighted by molar-refractivity contribution is 6.22. The van der Waals surface area contributed by atoms with Gasteiger partial charge in [0.15, 0.2) is 0 Å². The molecule has 0 aromatic carbocycles. The van der Waals surface area contributed by atoms with Gasteiger partial charge < -0.3 is 0 Å². The first kappa shape index (κ1) is 12.1. The van der Waals surface area contributed by atoms with Crippen LogP contribution >= 0.6 is 0 Å². The summed E-state index contributed by atoms with van der Waals surface area (Å²) in [5.41, 5.74) is 1.78. The van der Waals surface area contributed by atoms with Crippen molar-refractivity contribution in [2.45, 2.75) is 20.3 Å². The Bertz CT molecular complexity index is 565. The van der Waals surface area contributed by atoms with E-state index in [1.54, 1.807) is 24.5 Å². The number of pyridine rings is 1. The van der Waals surface area contributed by atoms with E-state index in [9.17, 15) is 9.59 Å². The molecule has 3 rings (SSSR count). The number of anilines is 1. The summed E-state index contributed by atoms with van der Waals surface area (Å²) in [6.07, 6.45) is 6.00. The number of rotatable bonds is 1. The molecule has 19 heavy (non-hydrogen) atoms. The molecule has 0 spiro atoms. The molecule has 1 aliphatic heterocycles. The van der Waals surface area contributed by atoms with E-state index in [2.05, 4.69) is 11.1 Å². The van der Waals surface area contributed by atoms with Crippen LogP contribution in [0.15, 0.2) is 36.2 Å². The van der Waals surface area contributed by atoms with Gasteiger partial charge in [-0.15, -0.1) is 0 Å². The Kier molecular flexibility index (Phi) is 2.73. The zero-order chi connectivity index (χ0) is 13.6. The molecule has 0 bridgehead atoms. The lowest BCUT2D eigenvalue weighted by Crippen LogP contribution is -2.31. The highest BCUT2D eigenvalue weighted by Crippen LogP contribution is 2.42. The van der Waals surface area contributed by atoms with Crippen LogP contribution < -0.4 is 4.90 Å². The maximum atomic E-state index is 12.5. The molecule has 98 valence electrons. The summed E-state index contributed by atoms with van der Waals surface area (Å²) < 4.78 is 0. The van der Waals surface area contributed by atoms with Gasteiger partial charge in [-0.25, -0.2) is 4.90 Å². The minimum absolute atomic E-state index is 0.0812. The molecule has 4 heteroatoms. The van der Waals surface area contributed by atoms with E-state index in [-0.39, 0.29) is 29.6 Å². The van der Waals surface area contributed by atoms with Crippen molar-refractivity contribution in [3.05, 3.63) is 36.2 Å². The Morgan fingerprint density at radius 1 is 1.32 bits per heavy atom. The molecule has 1 unspecified atom stereocenters. The van der Waals surface area contributed by atoms with Crippen LogP contribution in [0.1, 0.15) is 20.3 Å². The summed E-state index contributed by atoms with van der Waals surface area (Å²) in [6, 6.07) is 3.50. The van der Waals surface area contributed by atoms with Crippen molar-refractivity contribution in [1.82, 2.24) is 4.98 Å². The molecule has 2 heterocycles. The predicted octanol–water partition coefficient (Wildman–Crippen LogP) is 2.17. The molecule has 4 nitrogen and oxygen atoms in total. The quantitative estimate of drug-likeness (QED) is 0.571. The highest BCUT2D eigenvalue weighted by atomic mass is 16.2. The van der Waals surface area contributed by atoms with Gasteiger partial charge in [-0.1, -0.05) is 18.6 Å². The van der Waals surface area contributed by atoms with Gasteiger partial charge in [-0.3, -0.25) is 14.6 Å². The van der Waals surface area contributed by atoms with Crippen LogP contribution in [-0.2, 0) is 9.59 Å². The number of carbonyl (C=O) groups is 2. The summed E-state index contributed by atoms with van der Waals surface area (Å²) in [5, 5.41) is 0. The van der Waals surface area contributed by atoms with Crippen LogP contribution in [0.2, 0.25) is 0 Å². The second kappa shape index (κ2) is 4.30. The number of hydrogen-bond donors (Lipinski definition) is 0. The molecule has 1 aromatic rings. The number of aromatic nitrogens is 1. The molecule has 1 fully saturated rings. The van der Waals surface area contributed by atoms with E-state index >= 15 is 0 Å². The number of amides is 2. The van der Waals surface area contributed by atoms with Crippen molar-refractivity contribution in [2.75, 3.05) is 4.90 Å². The van der Waals surface area contributed by atoms with Crippen LogP contribution in [0.5, 0.6) is 0 Å². The third kappa shape index (κ3) is 1.79. The minimum atomic E-state index is -0.212. The molecule has 0 radical (unpaired) electrons. The third-order valence-electron chi connectivity index (χ3n) is 4.04. The van der Waals surface area contributed by atoms with E-state index in [1.165, 1.54) is 10.5 Å². The van der Waals surface area contributed by atoms with Gasteiger partial charge in [0.05, 0.1) is 23.7 Å². The van der Waals surface area contributed by atoms with Crippen molar-refractivity contribution in [2.24, 2.45) is 17.8 Å². The number of carbonyl (C=O) groups excluding carboxylic acids is 2. The van der Waals surface area contributed by atoms with Gasteiger partial charge in [0.1, 0.15) is 0 Å². The number of imide groups is 1. The molecule has 2 amide bonds. The summed E-state index contributed by atoms with van der Waals surface area (Å²) in [4.78, 5) is 30.3. The lowest BCUT2D eigenvalue weighted by Gasteiger charge is -2.25. The van der Waals surface area contributed by atoms with E-state index in [0.717, 1.165) is 0 Å². The van der Waals surface area contributed by atoms with E-state index in [4.69, 9.17) is 0 Å². The second-order valence-corrected chi connectivity index (χ2v) is 5.43. The average Bonchev–Trinajstić information content (AvgIpc) is 2.62. The van der Waals surface area contributed by atoms with E-state index in [0.29, 0.717) is 12.1 Å². The zero-order valence-corrected chi connectivity index (χ0v) is 11.0. The first-order chi connectivity index (χ1) is 9.09. The van der Waals surface area contributed by atoms with Crippen LogP contribution in [0.4, 0.5) is 5.69 Å². The number of allylic oxidation sites excluding steroid dienone is 2. The van der Waals surface area contributed by atoms with Crippen molar-refractivity contribution in [3.8, 4) is 0 Å². The second-order valence-electron chi connectivity index (χ2n) is 5.43. The first-order valence-corrected chi connectivity index (χ1v) is 6.54. The zero-order valence-electron chi connectivity index (χ0n) is 11.0. The SMILES string of the molecule is CC1=CC(C)[C@H]2C(=O)N(c3cccnc3)C(=O)[C@H]2C1. The van der Waals surface area contributed by atoms with E-state index in [1.807, 2.05) is 13.8 Å². The normalized spacial score (nSPS) is 30.3. The standard InChI is InChI=1S/C15H16N2O2/c1-9-6-10(2)13-12(7-9)14(18)17(15(13)19)11-4-3-5-16-8-11/h3-6,8,10,12-13H,7H2,1-2H3/t10?,12-,13+/m0/s1. The van der Waals surface area contributed by atoms with Crippen LogP contribution in [-0.4, -0.2) is 16.8 Å². The van der Waals surface area contributed by atoms with Crippen molar-refractivity contribution >= 4 is 17.5 Å². The van der Waals surface area contributed by atoms with Crippen molar-refractivity contribution in [3.63, 3.8) is 0 Å². The summed E-state index contributed by atoms with van der Waals surface area (Å²) in [7, 11) is 0. The van der Waals surface area contributed by atoms with Crippen LogP contribution in [0.3, 0.4) is 0 Å². The van der Waals surface area contributed by atoms with Gasteiger partial charge in [0.2, 0.25) is 11.8 Å². The van der Waals surface area contributed by atoms with E-state index < -0.39 is 0 Å². The van der Waals surface area contributed by atoms with Gasteiger partial charge in [-0.05, 0) is 31.4 Å². The third-order valence-corrected chi connectivity index (χ3v) is 4.04. The molecule has 1 saturated heterocycles. The van der Waals surface area contributed by atoms with Gasteiger partial charge in [-0.2, -0.15) is 0 Å². The predicted molar refractivity (Wildman–Crippen MR) is 71.2 cm³/mol. The number of hydrogen-bond acceptors (Lipinski definition) is 3. The average molecular weight is 256 g/mol. The molecule has 3 atom stereocenters. The first-order valence-electron chi connectivity index (χ1n) is 6.54. The summed E-state index contributed by atoms with van der Waals surface area (Å²) >= 11 is 0. The number of nitrogens with zero attached hydrogens (tertiary/aromatic N) is 2. The van der Waals surface area contributed by atoms with Gasteiger partial charge in [0, 0.05) is 6.20 Å². The Morgan fingerprint density at radius 3 is 2.79 bits per heavy atom. The largest absolute Gasteiger partial charge is 0.274 e. The van der Waals surface area contributed by atoms with Crippen LogP contribution in [0.25, 0.3) is 0 Å². The minimum Gasteiger partial charge on any atom is -0.274 e. The fraction of sp³-hybridized carbons (Fsp3) is 0.400. The summed E-state index contributed by atoms with van der Waals surface area (Å²) in [6.45, 7) is 4.04. The van der Waals surface area contributed by atoms with Crippen LogP contribution in [0, 0.1) is 17.8 Å².